The zero-order chi connectivity index (χ0) is 34.8. The minimum atomic E-state index is -4.11. The number of hydrogen-bond donors (Lipinski definition) is 0. The highest BCUT2D eigenvalue weighted by Gasteiger charge is 2.31. The molecule has 3 aromatic carbocycles. The van der Waals surface area contributed by atoms with Crippen molar-refractivity contribution in [2.24, 2.45) is 0 Å². The molecule has 1 saturated heterocycles. The van der Waals surface area contributed by atoms with Crippen LogP contribution >= 0.6 is 35.3 Å². The topological polar surface area (TPSA) is 112 Å². The molecule has 1 fully saturated rings. The van der Waals surface area contributed by atoms with Crippen LogP contribution in [0.4, 0.5) is 0 Å². The van der Waals surface area contributed by atoms with E-state index in [1.54, 1.807) is 84.2 Å². The Bertz CT molecular complexity index is 1690. The summed E-state index contributed by atoms with van der Waals surface area (Å²) in [6.07, 6.45) is 0. The van der Waals surface area contributed by atoms with Crippen LogP contribution in [0, 0.1) is 20.8 Å². The maximum Gasteiger partial charge on any atom is 0.243 e. The van der Waals surface area contributed by atoms with Crippen LogP contribution in [0.15, 0.2) is 87.5 Å². The molecule has 1 aliphatic rings. The van der Waals surface area contributed by atoms with Crippen LogP contribution in [0.25, 0.3) is 0 Å². The molecule has 9 nitrogen and oxygen atoms in total. The van der Waals surface area contributed by atoms with Gasteiger partial charge < -0.3 is 0 Å². The van der Waals surface area contributed by atoms with E-state index in [-0.39, 0.29) is 54.0 Å². The third-order valence-electron chi connectivity index (χ3n) is 7.89. The van der Waals surface area contributed by atoms with Crippen LogP contribution in [0.3, 0.4) is 0 Å². The van der Waals surface area contributed by atoms with Crippen molar-refractivity contribution in [3.63, 3.8) is 0 Å². The van der Waals surface area contributed by atoms with Gasteiger partial charge in [-0.25, -0.2) is 25.3 Å². The standard InChI is InChI=1S/C33H45N3O6S6/c1-28-4-10-31(11-5-28)46(37,38)34-16-18-35(47(39,40)32-12-6-29(2)7-13-32)20-22-43-24-26-45-27-25-44-23-21-36(19-17-34)48(41,42)33-14-8-30(3)9-15-33/h4-15H,16-27H2,1-3H3. The van der Waals surface area contributed by atoms with Crippen LogP contribution in [0.5, 0.6) is 0 Å². The van der Waals surface area contributed by atoms with Gasteiger partial charge in [-0.2, -0.15) is 48.2 Å². The fourth-order valence-corrected chi connectivity index (χ4v) is 12.7. The lowest BCUT2D eigenvalue weighted by Crippen LogP contribution is -2.45. The van der Waals surface area contributed by atoms with Crippen LogP contribution in [0.1, 0.15) is 16.7 Å². The van der Waals surface area contributed by atoms with Gasteiger partial charge in [0.1, 0.15) is 0 Å². The molecule has 0 atom stereocenters. The summed E-state index contributed by atoms with van der Waals surface area (Å²) >= 11 is 5.19. The molecule has 1 heterocycles. The fourth-order valence-electron chi connectivity index (χ4n) is 4.96. The van der Waals surface area contributed by atoms with Gasteiger partial charge in [0.15, 0.2) is 0 Å². The van der Waals surface area contributed by atoms with Gasteiger partial charge in [-0.3, -0.25) is 0 Å². The molecule has 3 aromatic rings. The Morgan fingerprint density at radius 2 is 0.604 bits per heavy atom. The summed E-state index contributed by atoms with van der Waals surface area (Å²) in [7, 11) is -12.0. The summed E-state index contributed by atoms with van der Waals surface area (Å²) < 4.78 is 87.8. The Kier molecular flexibility index (Phi) is 14.8. The summed E-state index contributed by atoms with van der Waals surface area (Å²) in [5.74, 6) is 4.70. The zero-order valence-electron chi connectivity index (χ0n) is 27.7. The van der Waals surface area contributed by atoms with Crippen molar-refractivity contribution in [2.45, 2.75) is 35.5 Å². The van der Waals surface area contributed by atoms with Gasteiger partial charge in [0.2, 0.25) is 30.1 Å². The summed E-state index contributed by atoms with van der Waals surface area (Å²) in [6.45, 7) is 5.61. The lowest BCUT2D eigenvalue weighted by Gasteiger charge is -2.29. The molecule has 4 rings (SSSR count). The van der Waals surface area contributed by atoms with Crippen LogP contribution in [-0.4, -0.2) is 112 Å². The molecule has 0 N–H and O–H groups in total. The highest BCUT2D eigenvalue weighted by atomic mass is 32.2. The van der Waals surface area contributed by atoms with E-state index in [9.17, 15) is 25.3 Å². The second-order valence-electron chi connectivity index (χ2n) is 11.5. The van der Waals surface area contributed by atoms with Gasteiger partial charge in [0.25, 0.3) is 0 Å². The molecule has 0 aromatic heterocycles. The SMILES string of the molecule is Cc1ccc(S(=O)(=O)N2CCSCCSCCSCCN(S(=O)(=O)c3ccc(C)cc3)CCN(S(=O)(=O)c3ccc(C)cc3)CC2)cc1. The number of rotatable bonds is 6. The van der Waals surface area contributed by atoms with E-state index in [1.807, 2.05) is 32.5 Å². The van der Waals surface area contributed by atoms with Gasteiger partial charge in [0.05, 0.1) is 14.7 Å². The molecule has 1 aliphatic heterocycles. The highest BCUT2D eigenvalue weighted by Crippen LogP contribution is 2.23. The van der Waals surface area contributed by atoms with Gasteiger partial charge in [-0.15, -0.1) is 0 Å². The summed E-state index contributed by atoms with van der Waals surface area (Å²) in [5, 5.41) is 0. The Hall–Kier alpha value is -1.56. The summed E-state index contributed by atoms with van der Waals surface area (Å²) in [4.78, 5) is 0.368. The van der Waals surface area contributed by atoms with Crippen LogP contribution in [-0.2, 0) is 30.1 Å². The van der Waals surface area contributed by atoms with Crippen molar-refractivity contribution in [1.29, 1.82) is 0 Å². The molecule has 48 heavy (non-hydrogen) atoms. The molecular formula is C33H45N3O6S6. The first-order valence-corrected chi connectivity index (χ1v) is 23.5. The Morgan fingerprint density at radius 1 is 0.375 bits per heavy atom. The van der Waals surface area contributed by atoms with Crippen LogP contribution < -0.4 is 0 Å². The van der Waals surface area contributed by atoms with E-state index in [0.29, 0.717) is 11.5 Å². The largest absolute Gasteiger partial charge is 0.243 e. The number of aryl methyl sites for hydroxylation is 3. The monoisotopic (exact) mass is 771 g/mol. The molecular weight excluding hydrogens is 727 g/mol. The second-order valence-corrected chi connectivity index (χ2v) is 21.0. The van der Waals surface area contributed by atoms with E-state index in [4.69, 9.17) is 0 Å². The number of thioether (sulfide) groups is 3. The average Bonchev–Trinajstić information content (AvgIpc) is 3.05. The first-order chi connectivity index (χ1) is 22.8. The summed E-state index contributed by atoms with van der Waals surface area (Å²) in [5.41, 5.74) is 2.76. The molecule has 0 saturated carbocycles. The second kappa shape index (κ2) is 18.1. The fraction of sp³-hybridized carbons (Fsp3) is 0.455. The molecule has 0 aliphatic carbocycles. The number of nitrogens with zero attached hydrogens (tertiary/aromatic N) is 3. The number of sulfonamides is 3. The smallest absolute Gasteiger partial charge is 0.207 e. The Balaban J connectivity index is 1.70. The quantitative estimate of drug-likeness (QED) is 0.334. The van der Waals surface area contributed by atoms with Crippen molar-refractivity contribution >= 4 is 65.4 Å². The van der Waals surface area contributed by atoms with E-state index < -0.39 is 30.1 Å². The van der Waals surface area contributed by atoms with Gasteiger partial charge in [0, 0.05) is 73.8 Å². The Labute approximate surface area is 300 Å². The van der Waals surface area contributed by atoms with Crippen LogP contribution in [0.2, 0.25) is 0 Å². The predicted octanol–water partition coefficient (Wildman–Crippen LogP) is 5.20. The molecule has 0 radical (unpaired) electrons. The first kappa shape index (κ1) is 39.2. The van der Waals surface area contributed by atoms with Gasteiger partial charge in [-0.05, 0) is 57.2 Å². The van der Waals surface area contributed by atoms with E-state index in [0.717, 1.165) is 39.7 Å². The maximum absolute atomic E-state index is 14.1. The molecule has 0 bridgehead atoms. The lowest BCUT2D eigenvalue weighted by atomic mass is 10.2. The third-order valence-corrected chi connectivity index (χ3v) is 17.1. The highest BCUT2D eigenvalue weighted by molar-refractivity contribution is 8.04. The van der Waals surface area contributed by atoms with Crippen molar-refractivity contribution in [3.05, 3.63) is 89.5 Å². The zero-order valence-corrected chi connectivity index (χ0v) is 32.6. The lowest BCUT2D eigenvalue weighted by molar-refractivity contribution is 0.325. The first-order valence-electron chi connectivity index (χ1n) is 15.8. The van der Waals surface area contributed by atoms with E-state index >= 15 is 0 Å². The van der Waals surface area contributed by atoms with E-state index in [2.05, 4.69) is 0 Å². The van der Waals surface area contributed by atoms with E-state index in [1.165, 1.54) is 25.0 Å². The normalized spacial score (nSPS) is 18.6. The molecule has 0 unspecified atom stereocenters. The van der Waals surface area contributed by atoms with Crippen molar-refractivity contribution in [1.82, 2.24) is 12.9 Å². The van der Waals surface area contributed by atoms with Gasteiger partial charge in [-0.1, -0.05) is 53.1 Å². The average molecular weight is 772 g/mol. The van der Waals surface area contributed by atoms with Crippen molar-refractivity contribution in [3.8, 4) is 0 Å². The maximum atomic E-state index is 14.1. The molecule has 0 spiro atoms. The molecule has 0 amide bonds. The number of benzene rings is 3. The predicted molar refractivity (Wildman–Crippen MR) is 202 cm³/mol. The Morgan fingerprint density at radius 3 is 0.875 bits per heavy atom. The minimum absolute atomic E-state index is 0.0692. The summed E-state index contributed by atoms with van der Waals surface area (Å²) in [6, 6.07) is 19.8. The minimum Gasteiger partial charge on any atom is -0.207 e. The molecule has 15 heteroatoms. The van der Waals surface area contributed by atoms with Crippen molar-refractivity contribution < 1.29 is 25.3 Å². The number of hydrogen-bond acceptors (Lipinski definition) is 9. The van der Waals surface area contributed by atoms with Gasteiger partial charge >= 0.3 is 0 Å². The third kappa shape index (κ3) is 10.7. The molecule has 264 valence electrons. The van der Waals surface area contributed by atoms with Crippen molar-refractivity contribution in [2.75, 3.05) is 73.8 Å².